The SMILES string of the molecule is C=C(CBr)c1nc(C)c(C)o1. The first-order valence-electron chi connectivity index (χ1n) is 3.33. The summed E-state index contributed by atoms with van der Waals surface area (Å²) in [5.74, 6) is 1.50. The summed E-state index contributed by atoms with van der Waals surface area (Å²) < 4.78 is 5.33. The van der Waals surface area contributed by atoms with E-state index < -0.39 is 0 Å². The molecule has 0 aromatic carbocycles. The van der Waals surface area contributed by atoms with Gasteiger partial charge < -0.3 is 4.42 Å². The Bertz CT molecular complexity index is 258. The highest BCUT2D eigenvalue weighted by Gasteiger charge is 2.06. The smallest absolute Gasteiger partial charge is 0.222 e. The molecule has 0 radical (unpaired) electrons. The monoisotopic (exact) mass is 215 g/mol. The predicted molar refractivity (Wildman–Crippen MR) is 48.8 cm³/mol. The summed E-state index contributed by atoms with van der Waals surface area (Å²) in [6.07, 6.45) is 0. The minimum absolute atomic E-state index is 0.636. The van der Waals surface area contributed by atoms with Crippen LogP contribution in [-0.4, -0.2) is 10.3 Å². The maximum Gasteiger partial charge on any atom is 0.222 e. The maximum absolute atomic E-state index is 5.33. The maximum atomic E-state index is 5.33. The van der Waals surface area contributed by atoms with Crippen molar-refractivity contribution in [3.05, 3.63) is 23.9 Å². The van der Waals surface area contributed by atoms with E-state index in [0.717, 1.165) is 17.0 Å². The third-order valence-corrected chi connectivity index (χ3v) is 2.17. The van der Waals surface area contributed by atoms with Crippen molar-refractivity contribution in [3.8, 4) is 0 Å². The van der Waals surface area contributed by atoms with Gasteiger partial charge in [-0.15, -0.1) is 0 Å². The molecule has 0 spiro atoms. The summed E-state index contributed by atoms with van der Waals surface area (Å²) in [5.41, 5.74) is 1.81. The lowest BCUT2D eigenvalue weighted by molar-refractivity contribution is 0.512. The Hall–Kier alpha value is -0.570. The molecule has 60 valence electrons. The number of aromatic nitrogens is 1. The number of rotatable bonds is 2. The van der Waals surface area contributed by atoms with Crippen LogP contribution in [0.25, 0.3) is 5.57 Å². The number of nitrogens with zero attached hydrogens (tertiary/aromatic N) is 1. The van der Waals surface area contributed by atoms with E-state index >= 15 is 0 Å². The van der Waals surface area contributed by atoms with Gasteiger partial charge in [-0.3, -0.25) is 0 Å². The third-order valence-electron chi connectivity index (χ3n) is 1.49. The standard InChI is InChI=1S/C8H10BrNO/c1-5(4-9)8-10-6(2)7(3)11-8/h1,4H2,2-3H3. The molecule has 1 aromatic rings. The zero-order valence-electron chi connectivity index (χ0n) is 6.65. The van der Waals surface area contributed by atoms with Gasteiger partial charge in [0.1, 0.15) is 5.76 Å². The molecule has 1 aromatic heterocycles. The molecule has 0 N–H and O–H groups in total. The number of hydrogen-bond acceptors (Lipinski definition) is 2. The Balaban J connectivity index is 2.97. The largest absolute Gasteiger partial charge is 0.441 e. The number of alkyl halides is 1. The fourth-order valence-electron chi connectivity index (χ4n) is 0.681. The molecule has 0 fully saturated rings. The van der Waals surface area contributed by atoms with Gasteiger partial charge in [-0.2, -0.15) is 0 Å². The van der Waals surface area contributed by atoms with Crippen molar-refractivity contribution in [2.75, 3.05) is 5.33 Å². The average molecular weight is 216 g/mol. The van der Waals surface area contributed by atoms with E-state index in [1.165, 1.54) is 0 Å². The summed E-state index contributed by atoms with van der Waals surface area (Å²) in [5, 5.41) is 0.701. The molecule has 0 atom stereocenters. The normalized spacial score (nSPS) is 10.1. The molecule has 1 rings (SSSR count). The van der Waals surface area contributed by atoms with E-state index in [-0.39, 0.29) is 0 Å². The van der Waals surface area contributed by atoms with Crippen LogP contribution in [0.1, 0.15) is 17.3 Å². The highest BCUT2D eigenvalue weighted by molar-refractivity contribution is 9.09. The second kappa shape index (κ2) is 3.22. The first-order valence-corrected chi connectivity index (χ1v) is 4.45. The summed E-state index contributed by atoms with van der Waals surface area (Å²) in [6.45, 7) is 7.61. The summed E-state index contributed by atoms with van der Waals surface area (Å²) >= 11 is 3.29. The highest BCUT2D eigenvalue weighted by atomic mass is 79.9. The predicted octanol–water partition coefficient (Wildman–Crippen LogP) is 2.70. The van der Waals surface area contributed by atoms with Crippen molar-refractivity contribution in [1.29, 1.82) is 0 Å². The second-order valence-electron chi connectivity index (χ2n) is 2.40. The van der Waals surface area contributed by atoms with E-state index in [4.69, 9.17) is 4.42 Å². The van der Waals surface area contributed by atoms with Crippen LogP contribution in [0.15, 0.2) is 11.0 Å². The summed E-state index contributed by atoms with van der Waals surface area (Å²) in [4.78, 5) is 4.18. The molecule has 0 aliphatic carbocycles. The van der Waals surface area contributed by atoms with Gasteiger partial charge in [-0.25, -0.2) is 4.98 Å². The van der Waals surface area contributed by atoms with Gasteiger partial charge >= 0.3 is 0 Å². The molecule has 0 aliphatic heterocycles. The van der Waals surface area contributed by atoms with E-state index in [0.29, 0.717) is 11.2 Å². The molecule has 0 bridgehead atoms. The fourth-order valence-corrected chi connectivity index (χ4v) is 0.921. The topological polar surface area (TPSA) is 26.0 Å². The Morgan fingerprint density at radius 3 is 2.64 bits per heavy atom. The number of halogens is 1. The van der Waals surface area contributed by atoms with Gasteiger partial charge in [-0.1, -0.05) is 22.5 Å². The Labute approximate surface area is 74.4 Å². The Kier molecular flexibility index (Phi) is 2.49. The van der Waals surface area contributed by atoms with Gasteiger partial charge in [0.15, 0.2) is 0 Å². The molecule has 11 heavy (non-hydrogen) atoms. The summed E-state index contributed by atoms with van der Waals surface area (Å²) in [7, 11) is 0. The first-order chi connectivity index (χ1) is 5.15. The zero-order valence-corrected chi connectivity index (χ0v) is 8.23. The molecular formula is C8H10BrNO. The van der Waals surface area contributed by atoms with Crippen LogP contribution in [0.4, 0.5) is 0 Å². The van der Waals surface area contributed by atoms with Crippen LogP contribution < -0.4 is 0 Å². The molecule has 2 nitrogen and oxygen atoms in total. The molecule has 0 aliphatic rings. The van der Waals surface area contributed by atoms with Crippen LogP contribution >= 0.6 is 15.9 Å². The number of oxazole rings is 1. The van der Waals surface area contributed by atoms with Crippen molar-refractivity contribution in [2.24, 2.45) is 0 Å². The number of allylic oxidation sites excluding steroid dienone is 1. The lowest BCUT2D eigenvalue weighted by atomic mass is 10.3. The molecular weight excluding hydrogens is 206 g/mol. The molecule has 0 saturated carbocycles. The molecule has 1 heterocycles. The van der Waals surface area contributed by atoms with Crippen molar-refractivity contribution in [3.63, 3.8) is 0 Å². The van der Waals surface area contributed by atoms with Gasteiger partial charge in [0, 0.05) is 10.9 Å². The average Bonchev–Trinajstić information content (AvgIpc) is 2.31. The Morgan fingerprint density at radius 2 is 2.27 bits per heavy atom. The first kappa shape index (κ1) is 8.53. The quantitative estimate of drug-likeness (QED) is 0.710. The van der Waals surface area contributed by atoms with Crippen LogP contribution in [-0.2, 0) is 0 Å². The van der Waals surface area contributed by atoms with Gasteiger partial charge in [-0.05, 0) is 13.8 Å². The third kappa shape index (κ3) is 1.71. The van der Waals surface area contributed by atoms with Gasteiger partial charge in [0.05, 0.1) is 5.69 Å². The van der Waals surface area contributed by atoms with Crippen molar-refractivity contribution in [1.82, 2.24) is 4.98 Å². The number of aryl methyl sites for hydroxylation is 2. The van der Waals surface area contributed by atoms with Gasteiger partial charge in [0.25, 0.3) is 0 Å². The van der Waals surface area contributed by atoms with Crippen LogP contribution in [0.3, 0.4) is 0 Å². The lowest BCUT2D eigenvalue weighted by Crippen LogP contribution is -1.82. The molecule has 0 amide bonds. The van der Waals surface area contributed by atoms with Crippen LogP contribution in [0, 0.1) is 13.8 Å². The second-order valence-corrected chi connectivity index (χ2v) is 2.96. The van der Waals surface area contributed by atoms with Crippen LogP contribution in [0.5, 0.6) is 0 Å². The molecule has 0 unspecified atom stereocenters. The van der Waals surface area contributed by atoms with Crippen molar-refractivity contribution >= 4 is 21.5 Å². The Morgan fingerprint density at radius 1 is 1.64 bits per heavy atom. The van der Waals surface area contributed by atoms with E-state index in [1.54, 1.807) is 0 Å². The zero-order chi connectivity index (χ0) is 8.43. The van der Waals surface area contributed by atoms with Gasteiger partial charge in [0.2, 0.25) is 5.89 Å². The fraction of sp³-hybridized carbons (Fsp3) is 0.375. The molecule has 3 heteroatoms. The van der Waals surface area contributed by atoms with E-state index in [1.807, 2.05) is 13.8 Å². The molecule has 0 saturated heterocycles. The number of hydrogen-bond donors (Lipinski definition) is 0. The minimum atomic E-state index is 0.636. The van der Waals surface area contributed by atoms with E-state index in [2.05, 4.69) is 27.5 Å². The lowest BCUT2D eigenvalue weighted by Gasteiger charge is -1.90. The van der Waals surface area contributed by atoms with Crippen LogP contribution in [0.2, 0.25) is 0 Å². The highest BCUT2D eigenvalue weighted by Crippen LogP contribution is 2.16. The van der Waals surface area contributed by atoms with Crippen molar-refractivity contribution < 1.29 is 4.42 Å². The van der Waals surface area contributed by atoms with Crippen molar-refractivity contribution in [2.45, 2.75) is 13.8 Å². The minimum Gasteiger partial charge on any atom is -0.441 e. The van der Waals surface area contributed by atoms with E-state index in [9.17, 15) is 0 Å². The summed E-state index contributed by atoms with van der Waals surface area (Å²) in [6, 6.07) is 0.